The van der Waals surface area contributed by atoms with Crippen LogP contribution >= 0.6 is 0 Å². The van der Waals surface area contributed by atoms with Crippen LogP contribution in [-0.4, -0.2) is 117 Å². The zero-order valence-corrected chi connectivity index (χ0v) is 33.1. The van der Waals surface area contributed by atoms with Gasteiger partial charge < -0.3 is 51.6 Å². The van der Waals surface area contributed by atoms with E-state index in [4.69, 9.17) is 15.2 Å². The molecule has 2 rings (SSSR count). The van der Waals surface area contributed by atoms with Crippen LogP contribution in [0.5, 0.6) is 0 Å². The molecule has 1 aliphatic heterocycles. The Kier molecular flexibility index (Phi) is 19.1. The number of primary amides is 1. The molecule has 6 amide bonds. The Labute approximate surface area is 331 Å². The minimum atomic E-state index is -1.91. The number of nitrogens with one attached hydrogen (secondary N) is 4. The molecule has 0 radical (unpaired) electrons. The lowest BCUT2D eigenvalue weighted by Gasteiger charge is -2.32. The predicted molar refractivity (Wildman–Crippen MR) is 201 cm³/mol. The van der Waals surface area contributed by atoms with E-state index in [1.54, 1.807) is 27.7 Å². The molecular weight excluding hydrogens is 748 g/mol. The first kappa shape index (κ1) is 47.6. The van der Waals surface area contributed by atoms with Crippen molar-refractivity contribution in [2.75, 3.05) is 6.54 Å². The minimum Gasteiger partial charge on any atom is -0.481 e. The Hall–Kier alpha value is -5.59. The zero-order valence-electron chi connectivity index (χ0n) is 33.1. The summed E-state index contributed by atoms with van der Waals surface area (Å²) in [5.74, 6) is -10.6. The first-order chi connectivity index (χ1) is 26.8. The van der Waals surface area contributed by atoms with Crippen molar-refractivity contribution in [2.24, 2.45) is 17.6 Å². The van der Waals surface area contributed by atoms with Crippen LogP contribution in [-0.2, 0) is 59.2 Å². The summed E-state index contributed by atoms with van der Waals surface area (Å²) >= 11 is 0. The highest BCUT2D eigenvalue weighted by molar-refractivity contribution is 5.97. The molecule has 0 bridgehead atoms. The van der Waals surface area contributed by atoms with Crippen LogP contribution in [0, 0.1) is 11.8 Å². The molecule has 1 heterocycles. The largest absolute Gasteiger partial charge is 0.481 e. The van der Waals surface area contributed by atoms with Crippen LogP contribution in [0.1, 0.15) is 85.6 Å². The third-order valence-corrected chi connectivity index (χ3v) is 9.36. The second-order valence-electron chi connectivity index (χ2n) is 14.4. The van der Waals surface area contributed by atoms with Gasteiger partial charge in [-0.1, -0.05) is 71.4 Å². The summed E-state index contributed by atoms with van der Waals surface area (Å²) in [6.07, 6.45) is -2.98. The normalized spacial score (nSPS) is 18.2. The lowest BCUT2D eigenvalue weighted by molar-refractivity contribution is -0.164. The number of carboxylic acid groups (broad SMARTS) is 2. The van der Waals surface area contributed by atoms with Crippen LogP contribution in [0.25, 0.3) is 0 Å². The maximum Gasteiger partial charge on any atom is 0.330 e. The van der Waals surface area contributed by atoms with Crippen molar-refractivity contribution in [1.29, 1.82) is 0 Å². The molecular formula is C38H56N6O13. The van der Waals surface area contributed by atoms with E-state index in [1.807, 2.05) is 37.3 Å². The predicted octanol–water partition coefficient (Wildman–Crippen LogP) is -0.0195. The lowest BCUT2D eigenvalue weighted by atomic mass is 9.98. The Bertz CT molecular complexity index is 1590. The van der Waals surface area contributed by atoms with Gasteiger partial charge in [0.25, 0.3) is 5.91 Å². The van der Waals surface area contributed by atoms with Gasteiger partial charge in [-0.05, 0) is 24.3 Å². The molecule has 8 atom stereocenters. The molecule has 1 aliphatic rings. The zero-order chi connectivity index (χ0) is 43.0. The van der Waals surface area contributed by atoms with Gasteiger partial charge in [-0.25, -0.2) is 4.79 Å². The number of ether oxygens (including phenoxy) is 2. The van der Waals surface area contributed by atoms with Crippen molar-refractivity contribution in [3.63, 3.8) is 0 Å². The van der Waals surface area contributed by atoms with Crippen LogP contribution in [0.15, 0.2) is 30.3 Å². The van der Waals surface area contributed by atoms with E-state index >= 15 is 0 Å². The number of nitrogens with two attached hydrogens (primary N) is 1. The second-order valence-corrected chi connectivity index (χ2v) is 14.4. The van der Waals surface area contributed by atoms with E-state index in [-0.39, 0.29) is 32.4 Å². The topological polar surface area (TPSA) is 290 Å². The molecule has 57 heavy (non-hydrogen) atoms. The van der Waals surface area contributed by atoms with Crippen molar-refractivity contribution < 1.29 is 62.8 Å². The molecule has 8 N–H and O–H groups in total. The Balaban J connectivity index is 2.38. The van der Waals surface area contributed by atoms with E-state index in [0.29, 0.717) is 6.42 Å². The van der Waals surface area contributed by atoms with Crippen molar-refractivity contribution in [1.82, 2.24) is 26.2 Å². The number of benzene rings is 1. The number of amides is 6. The molecule has 0 unspecified atom stereocenters. The monoisotopic (exact) mass is 804 g/mol. The molecule has 0 saturated carbocycles. The average Bonchev–Trinajstić information content (AvgIpc) is 3.58. The number of aliphatic carboxylic acids is 2. The summed E-state index contributed by atoms with van der Waals surface area (Å²) in [6, 6.07) is 2.29. The summed E-state index contributed by atoms with van der Waals surface area (Å²) in [6.45, 7) is 9.53. The van der Waals surface area contributed by atoms with Crippen molar-refractivity contribution in [3.8, 4) is 0 Å². The smallest absolute Gasteiger partial charge is 0.330 e. The Morgan fingerprint density at radius 2 is 1.46 bits per heavy atom. The van der Waals surface area contributed by atoms with Gasteiger partial charge >= 0.3 is 17.9 Å². The van der Waals surface area contributed by atoms with E-state index < -0.39 is 120 Å². The number of hydrogen-bond acceptors (Lipinski definition) is 11. The number of nitrogens with zero attached hydrogens (tertiary/aromatic N) is 1. The van der Waals surface area contributed by atoms with Gasteiger partial charge in [0.15, 0.2) is 6.10 Å². The fourth-order valence-corrected chi connectivity index (χ4v) is 6.09. The molecule has 1 aromatic rings. The third-order valence-electron chi connectivity index (χ3n) is 9.36. The number of likely N-dealkylation sites (tertiary alicyclic amines) is 1. The van der Waals surface area contributed by atoms with Crippen molar-refractivity contribution >= 4 is 53.4 Å². The third kappa shape index (κ3) is 15.1. The first-order valence-electron chi connectivity index (χ1n) is 18.9. The number of carboxylic acids is 2. The number of rotatable bonds is 23. The highest BCUT2D eigenvalue weighted by Gasteiger charge is 2.45. The van der Waals surface area contributed by atoms with Gasteiger partial charge in [-0.2, -0.15) is 0 Å². The van der Waals surface area contributed by atoms with Gasteiger partial charge in [-0.15, -0.1) is 0 Å². The quantitative estimate of drug-likeness (QED) is 0.0717. The fourth-order valence-electron chi connectivity index (χ4n) is 6.09. The van der Waals surface area contributed by atoms with Gasteiger partial charge in [0.1, 0.15) is 30.2 Å². The summed E-state index contributed by atoms with van der Waals surface area (Å²) in [7, 11) is 0. The summed E-state index contributed by atoms with van der Waals surface area (Å²) < 4.78 is 11.6. The molecule has 1 saturated heterocycles. The highest BCUT2D eigenvalue weighted by atomic mass is 16.6. The number of carbonyl (C=O) groups is 9. The Morgan fingerprint density at radius 3 is 1.98 bits per heavy atom. The van der Waals surface area contributed by atoms with Crippen LogP contribution in [0.3, 0.4) is 0 Å². The molecule has 19 heteroatoms. The minimum absolute atomic E-state index is 0.0421. The molecule has 1 fully saturated rings. The highest BCUT2D eigenvalue weighted by Crippen LogP contribution is 2.25. The van der Waals surface area contributed by atoms with E-state index in [9.17, 15) is 53.4 Å². The van der Waals surface area contributed by atoms with E-state index in [2.05, 4.69) is 21.3 Å². The molecule has 316 valence electrons. The Morgan fingerprint density at radius 1 is 0.842 bits per heavy atom. The molecule has 19 nitrogen and oxygen atoms in total. The van der Waals surface area contributed by atoms with Gasteiger partial charge in [0.05, 0.1) is 25.6 Å². The maximum atomic E-state index is 14.3. The maximum absolute atomic E-state index is 14.3. The number of carbonyl (C=O) groups excluding carboxylic acids is 7. The molecule has 1 aromatic carbocycles. The van der Waals surface area contributed by atoms with Gasteiger partial charge in [0.2, 0.25) is 29.5 Å². The van der Waals surface area contributed by atoms with Gasteiger partial charge in [-0.3, -0.25) is 38.4 Å². The number of hydrogen-bond donors (Lipinski definition) is 7. The molecule has 0 spiro atoms. The van der Waals surface area contributed by atoms with E-state index in [0.717, 1.165) is 12.5 Å². The summed E-state index contributed by atoms with van der Waals surface area (Å²) in [4.78, 5) is 116. The van der Waals surface area contributed by atoms with Gasteiger partial charge in [0, 0.05) is 25.8 Å². The second kappa shape index (κ2) is 22.8. The molecule has 0 aliphatic carbocycles. The molecule has 0 aromatic heterocycles. The van der Waals surface area contributed by atoms with Crippen molar-refractivity contribution in [2.45, 2.75) is 129 Å². The SMILES string of the molecule is CCC[C@H](NC(=O)[C@H]1C[C@@H](OCc2ccccc2)CN1C(=O)[C@@H](NC(=O)[C@@H](OC(=O)[C@@H](CC(=O)O)NC(=O)[C@H](CC(=O)O)NC(C)=O)[C@H](C)CC)C(C)C)C(N)=O. The first-order valence-corrected chi connectivity index (χ1v) is 18.9. The average molecular weight is 805 g/mol. The fraction of sp³-hybridized carbons (Fsp3) is 0.605. The summed E-state index contributed by atoms with van der Waals surface area (Å²) in [5, 5.41) is 28.2. The van der Waals surface area contributed by atoms with Crippen LogP contribution in [0.2, 0.25) is 0 Å². The van der Waals surface area contributed by atoms with Crippen LogP contribution in [0.4, 0.5) is 0 Å². The van der Waals surface area contributed by atoms with Crippen LogP contribution < -0.4 is 27.0 Å². The number of esters is 1. The van der Waals surface area contributed by atoms with E-state index in [1.165, 1.54) is 4.90 Å². The van der Waals surface area contributed by atoms with Crippen molar-refractivity contribution in [3.05, 3.63) is 35.9 Å². The lowest BCUT2D eigenvalue weighted by Crippen LogP contribution is -2.59. The standard InChI is InChI=1S/C38H56N6O13/c1-7-12-25(33(39)50)41-35(52)28-15-24(56-19-23-13-10-9-11-14-23)18-44(28)37(54)31(20(3)4)43-36(53)32(21(5)8-2)57-38(55)27(17-30(48)49)42-34(51)26(16-29(46)47)40-22(6)45/h9-11,13-14,20-21,24-28,31-32H,7-8,12,15-19H2,1-6H3,(H2,39,50)(H,40,45)(H,41,52)(H,42,51)(H,43,53)(H,46,47)(H,48,49)/t21-,24-,25+,26+,27-,28-,31+,32+/m1/s1. The summed E-state index contributed by atoms with van der Waals surface area (Å²) in [5.41, 5.74) is 6.39.